The molecule has 1 nitrogen and oxygen atoms in total. The van der Waals surface area contributed by atoms with Crippen LogP contribution in [0, 0.1) is 0 Å². The van der Waals surface area contributed by atoms with E-state index in [1.807, 2.05) is 54.6 Å². The standard InChI is InChI=1S/C14H12Cl2O/c15-14(16)13(17)12-8-6-11(7-9-12)10-4-2-1-3-5-10/h1-9,13-14,17H/t13-/m1/s1. The fraction of sp³-hybridized carbons (Fsp3) is 0.143. The Kier molecular flexibility index (Phi) is 4.06. The molecule has 0 radical (unpaired) electrons. The number of alkyl halides is 2. The Morgan fingerprint density at radius 2 is 1.29 bits per heavy atom. The lowest BCUT2D eigenvalue weighted by molar-refractivity contribution is 0.193. The molecule has 3 heteroatoms. The van der Waals surface area contributed by atoms with E-state index in [0.717, 1.165) is 16.7 Å². The van der Waals surface area contributed by atoms with E-state index in [0.29, 0.717) is 0 Å². The highest BCUT2D eigenvalue weighted by atomic mass is 35.5. The molecule has 0 aliphatic carbocycles. The van der Waals surface area contributed by atoms with E-state index >= 15 is 0 Å². The second kappa shape index (κ2) is 5.54. The van der Waals surface area contributed by atoms with Gasteiger partial charge in [-0.2, -0.15) is 0 Å². The second-order valence-corrected chi connectivity index (χ2v) is 4.93. The fourth-order valence-corrected chi connectivity index (χ4v) is 1.94. The minimum absolute atomic E-state index is 0.722. The summed E-state index contributed by atoms with van der Waals surface area (Å²) in [5.74, 6) is 0. The molecule has 0 amide bonds. The van der Waals surface area contributed by atoms with Crippen LogP contribution in [0.5, 0.6) is 0 Å². The lowest BCUT2D eigenvalue weighted by atomic mass is 10.0. The lowest BCUT2D eigenvalue weighted by Crippen LogP contribution is -2.05. The van der Waals surface area contributed by atoms with Crippen LogP contribution in [-0.4, -0.2) is 9.94 Å². The molecule has 88 valence electrons. The zero-order chi connectivity index (χ0) is 12.3. The predicted octanol–water partition coefficient (Wildman–Crippen LogP) is 4.19. The Morgan fingerprint density at radius 1 is 0.765 bits per heavy atom. The minimum Gasteiger partial charge on any atom is -0.386 e. The summed E-state index contributed by atoms with van der Waals surface area (Å²) in [5, 5.41) is 9.70. The summed E-state index contributed by atoms with van der Waals surface area (Å²) >= 11 is 11.3. The van der Waals surface area contributed by atoms with Gasteiger partial charge in [0.15, 0.2) is 0 Å². The van der Waals surface area contributed by atoms with Crippen LogP contribution in [-0.2, 0) is 0 Å². The van der Waals surface area contributed by atoms with Gasteiger partial charge in [0.1, 0.15) is 10.9 Å². The molecular formula is C14H12Cl2O. The summed E-state index contributed by atoms with van der Waals surface area (Å²) in [7, 11) is 0. The molecule has 0 fully saturated rings. The van der Waals surface area contributed by atoms with Crippen molar-refractivity contribution >= 4 is 23.2 Å². The Morgan fingerprint density at radius 3 is 1.82 bits per heavy atom. The van der Waals surface area contributed by atoms with Gasteiger partial charge in [-0.05, 0) is 16.7 Å². The van der Waals surface area contributed by atoms with Crippen molar-refractivity contribution in [1.29, 1.82) is 0 Å². The normalized spacial score (nSPS) is 12.7. The van der Waals surface area contributed by atoms with Crippen LogP contribution >= 0.6 is 23.2 Å². The highest BCUT2D eigenvalue weighted by Crippen LogP contribution is 2.26. The van der Waals surface area contributed by atoms with Crippen molar-refractivity contribution < 1.29 is 5.11 Å². The summed E-state index contributed by atoms with van der Waals surface area (Å²) in [6.45, 7) is 0. The maximum Gasteiger partial charge on any atom is 0.137 e. The van der Waals surface area contributed by atoms with E-state index in [1.54, 1.807) is 0 Å². The Bertz CT molecular complexity index is 465. The first-order valence-corrected chi connectivity index (χ1v) is 6.17. The van der Waals surface area contributed by atoms with E-state index in [9.17, 15) is 5.11 Å². The van der Waals surface area contributed by atoms with Crippen molar-refractivity contribution in [3.63, 3.8) is 0 Å². The van der Waals surface area contributed by atoms with E-state index < -0.39 is 10.9 Å². The molecule has 0 aliphatic heterocycles. The summed E-state index contributed by atoms with van der Waals surface area (Å²) in [4.78, 5) is -0.808. The molecule has 0 bridgehead atoms. The number of aliphatic hydroxyl groups excluding tert-OH is 1. The average Bonchev–Trinajstić information content (AvgIpc) is 2.39. The molecule has 0 saturated carbocycles. The van der Waals surface area contributed by atoms with Gasteiger partial charge >= 0.3 is 0 Å². The number of aliphatic hydroxyl groups is 1. The Hall–Kier alpha value is -1.02. The Balaban J connectivity index is 2.25. The van der Waals surface area contributed by atoms with Gasteiger partial charge in [-0.15, -0.1) is 23.2 Å². The van der Waals surface area contributed by atoms with Gasteiger partial charge in [-0.3, -0.25) is 0 Å². The minimum atomic E-state index is -0.844. The van der Waals surface area contributed by atoms with E-state index in [-0.39, 0.29) is 0 Å². The van der Waals surface area contributed by atoms with E-state index in [4.69, 9.17) is 23.2 Å². The van der Waals surface area contributed by atoms with Crippen molar-refractivity contribution in [1.82, 2.24) is 0 Å². The summed E-state index contributed by atoms with van der Waals surface area (Å²) in [6.07, 6.45) is -0.844. The van der Waals surface area contributed by atoms with Crippen molar-refractivity contribution in [2.24, 2.45) is 0 Å². The largest absolute Gasteiger partial charge is 0.386 e. The molecule has 0 heterocycles. The quantitative estimate of drug-likeness (QED) is 0.826. The first kappa shape index (κ1) is 12.4. The molecule has 1 N–H and O–H groups in total. The van der Waals surface area contributed by atoms with Crippen LogP contribution in [0.15, 0.2) is 54.6 Å². The van der Waals surface area contributed by atoms with E-state index in [2.05, 4.69) is 0 Å². The van der Waals surface area contributed by atoms with Crippen LogP contribution in [0.3, 0.4) is 0 Å². The van der Waals surface area contributed by atoms with Gasteiger partial charge < -0.3 is 5.11 Å². The van der Waals surface area contributed by atoms with Crippen LogP contribution < -0.4 is 0 Å². The average molecular weight is 267 g/mol. The molecule has 0 aromatic heterocycles. The number of rotatable bonds is 3. The Labute approximate surface area is 111 Å². The van der Waals surface area contributed by atoms with Gasteiger partial charge in [-0.1, -0.05) is 54.6 Å². The highest BCUT2D eigenvalue weighted by Gasteiger charge is 2.15. The lowest BCUT2D eigenvalue weighted by Gasteiger charge is -2.12. The van der Waals surface area contributed by atoms with Crippen LogP contribution in [0.1, 0.15) is 11.7 Å². The van der Waals surface area contributed by atoms with Gasteiger partial charge in [0, 0.05) is 0 Å². The predicted molar refractivity (Wildman–Crippen MR) is 72.3 cm³/mol. The number of hydrogen-bond acceptors (Lipinski definition) is 1. The molecule has 1 atom stereocenters. The third-order valence-electron chi connectivity index (χ3n) is 2.60. The highest BCUT2D eigenvalue weighted by molar-refractivity contribution is 6.44. The van der Waals surface area contributed by atoms with Gasteiger partial charge in [0.05, 0.1) is 0 Å². The summed E-state index contributed by atoms with van der Waals surface area (Å²) in [6, 6.07) is 17.6. The molecule has 2 aromatic rings. The third kappa shape index (κ3) is 3.01. The summed E-state index contributed by atoms with van der Waals surface area (Å²) in [5.41, 5.74) is 2.96. The fourth-order valence-electron chi connectivity index (χ4n) is 1.65. The maximum atomic E-state index is 9.70. The number of hydrogen-bond donors (Lipinski definition) is 1. The zero-order valence-electron chi connectivity index (χ0n) is 9.05. The van der Waals surface area contributed by atoms with Crippen molar-refractivity contribution in [2.75, 3.05) is 0 Å². The van der Waals surface area contributed by atoms with Crippen molar-refractivity contribution in [3.8, 4) is 11.1 Å². The molecule has 0 saturated heterocycles. The molecule has 2 rings (SSSR count). The first-order chi connectivity index (χ1) is 8.18. The van der Waals surface area contributed by atoms with Crippen LogP contribution in [0.25, 0.3) is 11.1 Å². The molecule has 0 spiro atoms. The second-order valence-electron chi connectivity index (χ2n) is 3.77. The smallest absolute Gasteiger partial charge is 0.137 e. The molecule has 0 aliphatic rings. The van der Waals surface area contributed by atoms with Crippen molar-refractivity contribution in [2.45, 2.75) is 10.9 Å². The van der Waals surface area contributed by atoms with Gasteiger partial charge in [0.25, 0.3) is 0 Å². The van der Waals surface area contributed by atoms with Crippen molar-refractivity contribution in [3.05, 3.63) is 60.2 Å². The zero-order valence-corrected chi connectivity index (χ0v) is 10.6. The molecule has 2 aromatic carbocycles. The maximum absolute atomic E-state index is 9.70. The van der Waals surface area contributed by atoms with Gasteiger partial charge in [-0.25, -0.2) is 0 Å². The third-order valence-corrected chi connectivity index (χ3v) is 3.08. The van der Waals surface area contributed by atoms with E-state index in [1.165, 1.54) is 0 Å². The monoisotopic (exact) mass is 266 g/mol. The first-order valence-electron chi connectivity index (χ1n) is 5.30. The topological polar surface area (TPSA) is 20.2 Å². The molecular weight excluding hydrogens is 255 g/mol. The number of halogens is 2. The number of benzene rings is 2. The van der Waals surface area contributed by atoms with Crippen LogP contribution in [0.4, 0.5) is 0 Å². The van der Waals surface area contributed by atoms with Crippen LogP contribution in [0.2, 0.25) is 0 Å². The molecule has 0 unspecified atom stereocenters. The van der Waals surface area contributed by atoms with Gasteiger partial charge in [0.2, 0.25) is 0 Å². The summed E-state index contributed by atoms with van der Waals surface area (Å²) < 4.78 is 0. The molecule has 17 heavy (non-hydrogen) atoms. The SMILES string of the molecule is O[C@H](c1ccc(-c2ccccc2)cc1)C(Cl)Cl.